The number of hydrogen-bond acceptors (Lipinski definition) is 4. The van der Waals surface area contributed by atoms with Crippen LogP contribution in [0.1, 0.15) is 41.6 Å². The van der Waals surface area contributed by atoms with Crippen LogP contribution in [-0.2, 0) is 13.2 Å². The van der Waals surface area contributed by atoms with Crippen LogP contribution in [0.15, 0.2) is 36.5 Å². The Morgan fingerprint density at radius 1 is 1.22 bits per heavy atom. The lowest BCUT2D eigenvalue weighted by atomic mass is 9.86. The number of halogens is 4. The van der Waals surface area contributed by atoms with E-state index in [0.29, 0.717) is 5.92 Å². The Morgan fingerprint density at radius 2 is 1.97 bits per heavy atom. The van der Waals surface area contributed by atoms with Crippen LogP contribution in [0.3, 0.4) is 0 Å². The predicted molar refractivity (Wildman–Crippen MR) is 117 cm³/mol. The second-order valence-electron chi connectivity index (χ2n) is 8.11. The number of rotatable bonds is 5. The summed E-state index contributed by atoms with van der Waals surface area (Å²) in [5, 5.41) is 11.7. The maximum Gasteiger partial charge on any atom is 0.416 e. The second kappa shape index (κ2) is 8.97. The Morgan fingerprint density at radius 3 is 2.69 bits per heavy atom. The molecule has 0 bridgehead atoms. The fraction of sp³-hybridized carbons (Fsp3) is 0.409. The van der Waals surface area contributed by atoms with Crippen LogP contribution in [0, 0.1) is 5.92 Å². The van der Waals surface area contributed by atoms with Gasteiger partial charge in [-0.3, -0.25) is 4.79 Å². The van der Waals surface area contributed by atoms with Gasteiger partial charge in [-0.05, 0) is 61.9 Å². The summed E-state index contributed by atoms with van der Waals surface area (Å²) in [4.78, 5) is 16.9. The van der Waals surface area contributed by atoms with Gasteiger partial charge in [-0.15, -0.1) is 0 Å². The van der Waals surface area contributed by atoms with Gasteiger partial charge in [0.1, 0.15) is 0 Å². The van der Waals surface area contributed by atoms with Crippen LogP contribution in [-0.4, -0.2) is 33.3 Å². The lowest BCUT2D eigenvalue weighted by molar-refractivity contribution is -0.137. The molecule has 10 heteroatoms. The molecule has 1 aliphatic rings. The zero-order valence-electron chi connectivity index (χ0n) is 17.4. The third-order valence-corrected chi connectivity index (χ3v) is 6.21. The zero-order chi connectivity index (χ0) is 22.9. The highest BCUT2D eigenvalue weighted by molar-refractivity contribution is 6.33. The predicted octanol–water partition coefficient (Wildman–Crippen LogP) is 5.04. The maximum atomic E-state index is 13.0. The molecule has 0 radical (unpaired) electrons. The van der Waals surface area contributed by atoms with E-state index in [4.69, 9.17) is 11.6 Å². The summed E-state index contributed by atoms with van der Waals surface area (Å²) in [5.41, 5.74) is -0.227. The zero-order valence-corrected chi connectivity index (χ0v) is 18.2. The van der Waals surface area contributed by atoms with E-state index in [1.54, 1.807) is 10.9 Å². The minimum atomic E-state index is -4.53. The summed E-state index contributed by atoms with van der Waals surface area (Å²) >= 11 is 5.98. The molecule has 1 amide bonds. The third-order valence-electron chi connectivity index (χ3n) is 5.88. The van der Waals surface area contributed by atoms with E-state index >= 15 is 0 Å². The van der Waals surface area contributed by atoms with E-state index in [1.165, 1.54) is 0 Å². The van der Waals surface area contributed by atoms with Crippen molar-refractivity contribution >= 4 is 34.4 Å². The standard InChI is InChI=1S/C22H23ClF3N5O/c1-31-20-16(3-2-10-27-20)19(30-31)28-12-13-4-7-15(8-5-13)29-21(32)17-11-14(22(24,25)26)6-9-18(17)23/h2-3,6,9-11,13,15H,4-5,7-8,12H2,1H3,(H,28,30)(H,29,32). The summed E-state index contributed by atoms with van der Waals surface area (Å²) in [6.07, 6.45) is 0.475. The number of anilines is 1. The number of aryl methyl sites for hydroxylation is 1. The molecule has 1 saturated carbocycles. The monoisotopic (exact) mass is 465 g/mol. The molecule has 2 heterocycles. The fourth-order valence-corrected chi connectivity index (χ4v) is 4.32. The van der Waals surface area contributed by atoms with Crippen molar-refractivity contribution in [3.05, 3.63) is 52.7 Å². The molecular weight excluding hydrogens is 443 g/mol. The number of benzene rings is 1. The second-order valence-corrected chi connectivity index (χ2v) is 8.52. The lowest BCUT2D eigenvalue weighted by Crippen LogP contribution is -2.38. The van der Waals surface area contributed by atoms with Crippen molar-refractivity contribution in [3.63, 3.8) is 0 Å². The van der Waals surface area contributed by atoms with Gasteiger partial charge in [0.2, 0.25) is 0 Å². The Balaban J connectivity index is 1.31. The Bertz CT molecular complexity index is 1120. The van der Waals surface area contributed by atoms with E-state index in [-0.39, 0.29) is 16.6 Å². The first kappa shape index (κ1) is 22.4. The highest BCUT2D eigenvalue weighted by atomic mass is 35.5. The largest absolute Gasteiger partial charge is 0.416 e. The van der Waals surface area contributed by atoms with Gasteiger partial charge >= 0.3 is 6.18 Å². The van der Waals surface area contributed by atoms with Gasteiger partial charge in [-0.25, -0.2) is 9.67 Å². The first-order chi connectivity index (χ1) is 15.2. The van der Waals surface area contributed by atoms with Crippen molar-refractivity contribution in [1.82, 2.24) is 20.1 Å². The molecule has 0 saturated heterocycles. The number of carbonyl (C=O) groups is 1. The smallest absolute Gasteiger partial charge is 0.368 e. The number of fused-ring (bicyclic) bond motifs is 1. The number of hydrogen-bond donors (Lipinski definition) is 2. The number of alkyl halides is 3. The highest BCUT2D eigenvalue weighted by Crippen LogP contribution is 2.32. The molecule has 6 nitrogen and oxygen atoms in total. The number of carbonyl (C=O) groups excluding carboxylic acids is 1. The number of nitrogens with one attached hydrogen (secondary N) is 2. The van der Waals surface area contributed by atoms with Crippen molar-refractivity contribution in [2.45, 2.75) is 37.9 Å². The van der Waals surface area contributed by atoms with Crippen LogP contribution < -0.4 is 10.6 Å². The summed E-state index contributed by atoms with van der Waals surface area (Å²) in [7, 11) is 1.85. The van der Waals surface area contributed by atoms with Gasteiger partial charge in [0.25, 0.3) is 5.91 Å². The van der Waals surface area contributed by atoms with E-state index in [1.807, 2.05) is 19.2 Å². The topological polar surface area (TPSA) is 71.8 Å². The first-order valence-electron chi connectivity index (χ1n) is 10.4. The summed E-state index contributed by atoms with van der Waals surface area (Å²) in [6, 6.07) is 6.54. The molecule has 0 atom stereocenters. The van der Waals surface area contributed by atoms with Crippen LogP contribution in [0.2, 0.25) is 5.02 Å². The van der Waals surface area contributed by atoms with Crippen molar-refractivity contribution in [1.29, 1.82) is 0 Å². The van der Waals surface area contributed by atoms with Crippen LogP contribution in [0.5, 0.6) is 0 Å². The SMILES string of the molecule is Cn1nc(NCC2CCC(NC(=O)c3cc(C(F)(F)F)ccc3Cl)CC2)c2cccnc21. The van der Waals surface area contributed by atoms with Crippen molar-refractivity contribution in [2.24, 2.45) is 13.0 Å². The number of pyridine rings is 1. The van der Waals surface area contributed by atoms with Gasteiger partial charge in [0, 0.05) is 25.8 Å². The fourth-order valence-electron chi connectivity index (χ4n) is 4.11. The molecule has 1 fully saturated rings. The van der Waals surface area contributed by atoms with Crippen LogP contribution in [0.4, 0.5) is 19.0 Å². The average molecular weight is 466 g/mol. The molecule has 0 spiro atoms. The molecule has 0 unspecified atom stereocenters. The molecule has 32 heavy (non-hydrogen) atoms. The molecule has 1 aromatic carbocycles. The molecule has 4 rings (SSSR count). The van der Waals surface area contributed by atoms with E-state index < -0.39 is 17.6 Å². The molecule has 2 aromatic heterocycles. The number of nitrogens with zero attached hydrogens (tertiary/aromatic N) is 3. The van der Waals surface area contributed by atoms with E-state index in [0.717, 1.165) is 67.3 Å². The third kappa shape index (κ3) is 4.82. The molecule has 3 aromatic rings. The summed E-state index contributed by atoms with van der Waals surface area (Å²) in [6.45, 7) is 0.751. The van der Waals surface area contributed by atoms with Crippen LogP contribution in [0.25, 0.3) is 11.0 Å². The van der Waals surface area contributed by atoms with E-state index in [9.17, 15) is 18.0 Å². The molecule has 170 valence electrons. The molecule has 1 aliphatic carbocycles. The minimum absolute atomic E-state index is 0.00506. The van der Waals surface area contributed by atoms with Crippen molar-refractivity contribution in [2.75, 3.05) is 11.9 Å². The highest BCUT2D eigenvalue weighted by Gasteiger charge is 2.32. The Hall–Kier alpha value is -2.81. The number of aromatic nitrogens is 3. The first-order valence-corrected chi connectivity index (χ1v) is 10.8. The normalized spacial score (nSPS) is 19.2. The van der Waals surface area contributed by atoms with Gasteiger partial charge < -0.3 is 10.6 Å². The van der Waals surface area contributed by atoms with Gasteiger partial charge in [0.05, 0.1) is 21.5 Å². The quantitative estimate of drug-likeness (QED) is 0.553. The van der Waals surface area contributed by atoms with E-state index in [2.05, 4.69) is 20.7 Å². The Labute approximate surface area is 188 Å². The molecule has 2 N–H and O–H groups in total. The van der Waals surface area contributed by atoms with Gasteiger partial charge in [0.15, 0.2) is 11.5 Å². The molecule has 0 aliphatic heterocycles. The summed E-state index contributed by atoms with van der Waals surface area (Å²) < 4.78 is 40.6. The number of amides is 1. The maximum absolute atomic E-state index is 13.0. The van der Waals surface area contributed by atoms with Crippen molar-refractivity contribution < 1.29 is 18.0 Å². The van der Waals surface area contributed by atoms with Gasteiger partial charge in [-0.1, -0.05) is 11.6 Å². The van der Waals surface area contributed by atoms with Crippen LogP contribution >= 0.6 is 11.6 Å². The van der Waals surface area contributed by atoms with Gasteiger partial charge in [-0.2, -0.15) is 18.3 Å². The summed E-state index contributed by atoms with van der Waals surface area (Å²) in [5.74, 6) is 0.634. The molecular formula is C22H23ClF3N5O. The minimum Gasteiger partial charge on any atom is -0.368 e. The lowest BCUT2D eigenvalue weighted by Gasteiger charge is -2.29. The van der Waals surface area contributed by atoms with Crippen molar-refractivity contribution in [3.8, 4) is 0 Å². The average Bonchev–Trinajstić information content (AvgIpc) is 3.08. The Kier molecular flexibility index (Phi) is 6.28.